The molecule has 0 amide bonds. The normalized spacial score (nSPS) is 20.1. The summed E-state index contributed by atoms with van der Waals surface area (Å²) in [5.74, 6) is 2.69. The van der Waals surface area contributed by atoms with E-state index in [1.807, 2.05) is 18.8 Å². The van der Waals surface area contributed by atoms with E-state index in [2.05, 4.69) is 15.0 Å². The molecule has 20 heavy (non-hydrogen) atoms. The van der Waals surface area contributed by atoms with Gasteiger partial charge in [-0.05, 0) is 25.2 Å². The standard InChI is InChI=1S/C13H15N3O3S/c1-16-4-5-20-7-9(16)12-14-13(19-15-12)8-2-3-10(17)11(18)6-8/h2-3,6,9,17-18H,4-5,7H2,1H3. The van der Waals surface area contributed by atoms with E-state index >= 15 is 0 Å². The van der Waals surface area contributed by atoms with E-state index in [0.717, 1.165) is 18.1 Å². The van der Waals surface area contributed by atoms with Crippen LogP contribution in [0.2, 0.25) is 0 Å². The van der Waals surface area contributed by atoms with Crippen molar-refractivity contribution >= 4 is 11.8 Å². The first-order valence-electron chi connectivity index (χ1n) is 6.29. The van der Waals surface area contributed by atoms with Gasteiger partial charge in [-0.2, -0.15) is 16.7 Å². The molecule has 0 radical (unpaired) electrons. The Morgan fingerprint density at radius 2 is 2.20 bits per heavy atom. The van der Waals surface area contributed by atoms with E-state index in [4.69, 9.17) is 4.52 Å². The number of hydrogen-bond donors (Lipinski definition) is 2. The minimum Gasteiger partial charge on any atom is -0.504 e. The highest BCUT2D eigenvalue weighted by molar-refractivity contribution is 7.99. The number of hydrogen-bond acceptors (Lipinski definition) is 7. The average molecular weight is 293 g/mol. The lowest BCUT2D eigenvalue weighted by Gasteiger charge is -2.29. The molecule has 106 valence electrons. The number of aromatic nitrogens is 2. The SMILES string of the molecule is CN1CCSCC1c1noc(-c2ccc(O)c(O)c2)n1. The average Bonchev–Trinajstić information content (AvgIpc) is 2.92. The van der Waals surface area contributed by atoms with Crippen molar-refractivity contribution in [3.63, 3.8) is 0 Å². The number of rotatable bonds is 2. The van der Waals surface area contributed by atoms with Gasteiger partial charge in [0, 0.05) is 23.6 Å². The van der Waals surface area contributed by atoms with Crippen LogP contribution in [0.1, 0.15) is 11.9 Å². The molecule has 3 rings (SSSR count). The zero-order chi connectivity index (χ0) is 14.1. The molecule has 1 unspecified atom stereocenters. The topological polar surface area (TPSA) is 82.6 Å². The van der Waals surface area contributed by atoms with Gasteiger partial charge >= 0.3 is 0 Å². The second-order valence-corrected chi connectivity index (χ2v) is 5.88. The lowest BCUT2D eigenvalue weighted by Crippen LogP contribution is -2.33. The van der Waals surface area contributed by atoms with E-state index in [9.17, 15) is 10.2 Å². The van der Waals surface area contributed by atoms with Crippen LogP contribution in [0, 0.1) is 0 Å². The summed E-state index contributed by atoms with van der Waals surface area (Å²) in [7, 11) is 2.05. The monoisotopic (exact) mass is 293 g/mol. The summed E-state index contributed by atoms with van der Waals surface area (Å²) in [6.07, 6.45) is 0. The molecule has 2 heterocycles. The second kappa shape index (κ2) is 5.34. The van der Waals surface area contributed by atoms with Crippen molar-refractivity contribution in [2.45, 2.75) is 6.04 Å². The smallest absolute Gasteiger partial charge is 0.258 e. The van der Waals surface area contributed by atoms with Crippen molar-refractivity contribution in [2.24, 2.45) is 0 Å². The highest BCUT2D eigenvalue weighted by Gasteiger charge is 2.26. The van der Waals surface area contributed by atoms with Gasteiger partial charge in [0.25, 0.3) is 5.89 Å². The molecular weight excluding hydrogens is 278 g/mol. The van der Waals surface area contributed by atoms with Crippen LogP contribution in [0.3, 0.4) is 0 Å². The summed E-state index contributed by atoms with van der Waals surface area (Å²) in [6, 6.07) is 4.59. The fourth-order valence-corrected chi connectivity index (χ4v) is 3.31. The third-order valence-electron chi connectivity index (χ3n) is 3.36. The lowest BCUT2D eigenvalue weighted by atomic mass is 10.2. The molecule has 0 bridgehead atoms. The van der Waals surface area contributed by atoms with Crippen LogP contribution in [0.15, 0.2) is 22.7 Å². The van der Waals surface area contributed by atoms with Crippen molar-refractivity contribution in [1.82, 2.24) is 15.0 Å². The van der Waals surface area contributed by atoms with Gasteiger partial charge in [0.1, 0.15) is 0 Å². The van der Waals surface area contributed by atoms with E-state index < -0.39 is 0 Å². The Bertz CT molecular complexity index is 617. The van der Waals surface area contributed by atoms with Gasteiger partial charge in [0.15, 0.2) is 17.3 Å². The van der Waals surface area contributed by atoms with E-state index in [0.29, 0.717) is 17.3 Å². The Morgan fingerprint density at radius 1 is 1.35 bits per heavy atom. The number of aromatic hydroxyl groups is 2. The van der Waals surface area contributed by atoms with Gasteiger partial charge in [-0.3, -0.25) is 4.90 Å². The van der Waals surface area contributed by atoms with E-state index in [-0.39, 0.29) is 17.5 Å². The van der Waals surface area contributed by atoms with Gasteiger partial charge < -0.3 is 14.7 Å². The third-order valence-corrected chi connectivity index (χ3v) is 4.38. The summed E-state index contributed by atoms with van der Waals surface area (Å²) in [6.45, 7) is 0.999. The molecule has 0 spiro atoms. The summed E-state index contributed by atoms with van der Waals surface area (Å²) in [5, 5.41) is 22.8. The van der Waals surface area contributed by atoms with Gasteiger partial charge in [-0.15, -0.1) is 0 Å². The molecule has 1 saturated heterocycles. The molecule has 1 aliphatic heterocycles. The largest absolute Gasteiger partial charge is 0.504 e. The van der Waals surface area contributed by atoms with Gasteiger partial charge in [0.05, 0.1) is 6.04 Å². The summed E-state index contributed by atoms with van der Waals surface area (Å²) in [4.78, 5) is 6.61. The van der Waals surface area contributed by atoms with Crippen molar-refractivity contribution < 1.29 is 14.7 Å². The number of phenolic OH excluding ortho intramolecular Hbond substituents is 2. The highest BCUT2D eigenvalue weighted by atomic mass is 32.2. The minimum absolute atomic E-state index is 0.150. The lowest BCUT2D eigenvalue weighted by molar-refractivity contribution is 0.257. The van der Waals surface area contributed by atoms with Crippen LogP contribution in [-0.2, 0) is 0 Å². The second-order valence-electron chi connectivity index (χ2n) is 4.73. The molecule has 2 aromatic rings. The maximum absolute atomic E-state index is 9.51. The number of benzene rings is 1. The number of phenols is 2. The van der Waals surface area contributed by atoms with Gasteiger partial charge in [-0.25, -0.2) is 0 Å². The van der Waals surface area contributed by atoms with Crippen LogP contribution in [0.25, 0.3) is 11.5 Å². The molecule has 1 aromatic heterocycles. The molecule has 0 saturated carbocycles. The molecular formula is C13H15N3O3S. The molecule has 1 fully saturated rings. The van der Waals surface area contributed by atoms with Crippen LogP contribution in [0.5, 0.6) is 11.5 Å². The Labute approximate surface area is 120 Å². The minimum atomic E-state index is -0.201. The zero-order valence-corrected chi connectivity index (χ0v) is 11.8. The predicted octanol–water partition coefficient (Wildman–Crippen LogP) is 1.87. The first kappa shape index (κ1) is 13.3. The van der Waals surface area contributed by atoms with E-state index in [1.165, 1.54) is 12.1 Å². The van der Waals surface area contributed by atoms with Crippen LogP contribution < -0.4 is 0 Å². The van der Waals surface area contributed by atoms with E-state index in [1.54, 1.807) is 6.07 Å². The molecule has 7 heteroatoms. The highest BCUT2D eigenvalue weighted by Crippen LogP contribution is 2.31. The molecule has 1 aromatic carbocycles. The fraction of sp³-hybridized carbons (Fsp3) is 0.385. The summed E-state index contributed by atoms with van der Waals surface area (Å²) >= 11 is 1.87. The first-order chi connectivity index (χ1) is 9.65. The molecule has 1 aliphatic rings. The maximum atomic E-state index is 9.51. The van der Waals surface area contributed by atoms with Gasteiger partial charge in [-0.1, -0.05) is 5.16 Å². The Kier molecular flexibility index (Phi) is 3.54. The van der Waals surface area contributed by atoms with Crippen molar-refractivity contribution in [3.05, 3.63) is 24.0 Å². The number of nitrogens with zero attached hydrogens (tertiary/aromatic N) is 3. The number of thioether (sulfide) groups is 1. The third kappa shape index (κ3) is 2.46. The van der Waals surface area contributed by atoms with Crippen molar-refractivity contribution in [3.8, 4) is 23.0 Å². The van der Waals surface area contributed by atoms with Crippen LogP contribution >= 0.6 is 11.8 Å². The summed E-state index contributed by atoms with van der Waals surface area (Å²) in [5.41, 5.74) is 0.588. The fourth-order valence-electron chi connectivity index (χ4n) is 2.10. The zero-order valence-electron chi connectivity index (χ0n) is 11.0. The Hall–Kier alpha value is -1.73. The summed E-state index contributed by atoms with van der Waals surface area (Å²) < 4.78 is 5.26. The van der Waals surface area contributed by atoms with Crippen LogP contribution in [-0.4, -0.2) is 50.4 Å². The molecule has 6 nitrogen and oxygen atoms in total. The van der Waals surface area contributed by atoms with Crippen molar-refractivity contribution in [2.75, 3.05) is 25.1 Å². The Balaban J connectivity index is 1.87. The molecule has 1 atom stereocenters. The van der Waals surface area contributed by atoms with Crippen LogP contribution in [0.4, 0.5) is 0 Å². The maximum Gasteiger partial charge on any atom is 0.258 e. The Morgan fingerprint density at radius 3 is 2.95 bits per heavy atom. The van der Waals surface area contributed by atoms with Gasteiger partial charge in [0.2, 0.25) is 0 Å². The first-order valence-corrected chi connectivity index (χ1v) is 7.44. The predicted molar refractivity (Wildman–Crippen MR) is 75.8 cm³/mol. The van der Waals surface area contributed by atoms with Crippen molar-refractivity contribution in [1.29, 1.82) is 0 Å². The quantitative estimate of drug-likeness (QED) is 0.818. The molecule has 0 aliphatic carbocycles. The molecule has 2 N–H and O–H groups in total.